The van der Waals surface area contributed by atoms with Gasteiger partial charge in [0.15, 0.2) is 0 Å². The molecule has 2 rings (SSSR count). The maximum absolute atomic E-state index is 5.80. The van der Waals surface area contributed by atoms with Crippen molar-refractivity contribution < 1.29 is 4.74 Å². The first-order valence-electron chi connectivity index (χ1n) is 7.99. The molecule has 0 spiro atoms. The van der Waals surface area contributed by atoms with Crippen LogP contribution in [-0.4, -0.2) is 6.61 Å². The van der Waals surface area contributed by atoms with Crippen molar-refractivity contribution in [1.82, 2.24) is 0 Å². The van der Waals surface area contributed by atoms with Crippen LogP contribution < -0.4 is 10.1 Å². The average Bonchev–Trinajstić information content (AvgIpc) is 2.44. The summed E-state index contributed by atoms with van der Waals surface area (Å²) in [6.45, 7) is 12.3. The van der Waals surface area contributed by atoms with Crippen molar-refractivity contribution in [2.75, 3.05) is 11.9 Å². The fraction of sp³-hybridized carbons (Fsp3) is 0.400. The minimum absolute atomic E-state index is 0.541. The second-order valence-corrected chi connectivity index (χ2v) is 6.48. The minimum Gasteiger partial charge on any atom is -0.493 e. The summed E-state index contributed by atoms with van der Waals surface area (Å²) in [7, 11) is 0. The minimum atomic E-state index is 0.541. The Morgan fingerprint density at radius 1 is 1.00 bits per heavy atom. The first-order chi connectivity index (χ1) is 10.5. The quantitative estimate of drug-likeness (QED) is 0.785. The van der Waals surface area contributed by atoms with E-state index in [9.17, 15) is 0 Å². The van der Waals surface area contributed by atoms with E-state index in [4.69, 9.17) is 4.74 Å². The molecular formula is C20H27NO. The molecule has 0 aliphatic rings. The molecule has 0 saturated carbocycles. The zero-order chi connectivity index (χ0) is 16.1. The van der Waals surface area contributed by atoms with E-state index in [1.165, 1.54) is 27.9 Å². The lowest BCUT2D eigenvalue weighted by molar-refractivity contribution is 0.271. The zero-order valence-electron chi connectivity index (χ0n) is 14.4. The number of nitrogens with one attached hydrogen (secondary N) is 1. The number of benzene rings is 2. The van der Waals surface area contributed by atoms with E-state index in [0.29, 0.717) is 5.92 Å². The number of hydrogen-bond donors (Lipinski definition) is 1. The van der Waals surface area contributed by atoms with E-state index >= 15 is 0 Å². The summed E-state index contributed by atoms with van der Waals surface area (Å²) >= 11 is 0. The molecule has 22 heavy (non-hydrogen) atoms. The third-order valence-electron chi connectivity index (χ3n) is 3.63. The van der Waals surface area contributed by atoms with Gasteiger partial charge in [0.25, 0.3) is 0 Å². The van der Waals surface area contributed by atoms with Gasteiger partial charge in [-0.25, -0.2) is 0 Å². The van der Waals surface area contributed by atoms with Crippen LogP contribution >= 0.6 is 0 Å². The maximum Gasteiger partial charge on any atom is 0.119 e. The number of hydrogen-bond acceptors (Lipinski definition) is 2. The van der Waals surface area contributed by atoms with Crippen LogP contribution in [0.5, 0.6) is 5.75 Å². The molecule has 0 aromatic heterocycles. The lowest BCUT2D eigenvalue weighted by Crippen LogP contribution is -2.06. The van der Waals surface area contributed by atoms with Crippen molar-refractivity contribution in [1.29, 1.82) is 0 Å². The lowest BCUT2D eigenvalue weighted by atomic mass is 10.0. The van der Waals surface area contributed by atoms with Gasteiger partial charge in [-0.05, 0) is 55.5 Å². The monoisotopic (exact) mass is 297 g/mol. The Bertz CT molecular complexity index is 608. The topological polar surface area (TPSA) is 21.3 Å². The highest BCUT2D eigenvalue weighted by Crippen LogP contribution is 2.23. The highest BCUT2D eigenvalue weighted by atomic mass is 16.5. The summed E-state index contributed by atoms with van der Waals surface area (Å²) in [6.07, 6.45) is 0. The van der Waals surface area contributed by atoms with Crippen molar-refractivity contribution in [3.63, 3.8) is 0 Å². The van der Waals surface area contributed by atoms with Gasteiger partial charge in [-0.1, -0.05) is 43.7 Å². The van der Waals surface area contributed by atoms with Crippen LogP contribution in [0.15, 0.2) is 36.4 Å². The largest absolute Gasteiger partial charge is 0.493 e. The van der Waals surface area contributed by atoms with Gasteiger partial charge in [-0.3, -0.25) is 0 Å². The van der Waals surface area contributed by atoms with Crippen LogP contribution in [0, 0.1) is 26.7 Å². The molecule has 1 N–H and O–H groups in total. The molecule has 0 saturated heterocycles. The van der Waals surface area contributed by atoms with Gasteiger partial charge < -0.3 is 10.1 Å². The molecule has 0 radical (unpaired) electrons. The van der Waals surface area contributed by atoms with Crippen LogP contribution in [0.1, 0.15) is 36.1 Å². The molecule has 2 aromatic carbocycles. The highest BCUT2D eigenvalue weighted by Gasteiger charge is 2.04. The predicted octanol–water partition coefficient (Wildman–Crippen LogP) is 5.26. The fourth-order valence-electron chi connectivity index (χ4n) is 2.66. The van der Waals surface area contributed by atoms with E-state index < -0.39 is 0 Å². The second kappa shape index (κ2) is 7.35. The Balaban J connectivity index is 2.04. The second-order valence-electron chi connectivity index (χ2n) is 6.48. The van der Waals surface area contributed by atoms with Gasteiger partial charge in [0.2, 0.25) is 0 Å². The molecule has 0 fully saturated rings. The van der Waals surface area contributed by atoms with Crippen LogP contribution in [-0.2, 0) is 6.54 Å². The Hall–Kier alpha value is -1.96. The van der Waals surface area contributed by atoms with E-state index in [-0.39, 0.29) is 0 Å². The lowest BCUT2D eigenvalue weighted by Gasteiger charge is -2.15. The molecule has 0 amide bonds. The van der Waals surface area contributed by atoms with Crippen LogP contribution in [0.25, 0.3) is 0 Å². The Morgan fingerprint density at radius 2 is 1.68 bits per heavy atom. The first-order valence-corrected chi connectivity index (χ1v) is 7.99. The number of aryl methyl sites for hydroxylation is 3. The van der Waals surface area contributed by atoms with Gasteiger partial charge in [0, 0.05) is 12.2 Å². The Labute approximate surface area is 134 Å². The fourth-order valence-corrected chi connectivity index (χ4v) is 2.66. The summed E-state index contributed by atoms with van der Waals surface area (Å²) < 4.78 is 5.80. The molecule has 0 unspecified atom stereocenters. The predicted molar refractivity (Wildman–Crippen MR) is 94.8 cm³/mol. The SMILES string of the molecule is Cc1cc(C)c(NCc2cccc(OCC(C)C)c2)c(C)c1. The zero-order valence-corrected chi connectivity index (χ0v) is 14.4. The third-order valence-corrected chi connectivity index (χ3v) is 3.63. The van der Waals surface area contributed by atoms with Crippen molar-refractivity contribution in [2.24, 2.45) is 5.92 Å². The van der Waals surface area contributed by atoms with Gasteiger partial charge in [0.05, 0.1) is 6.61 Å². The smallest absolute Gasteiger partial charge is 0.119 e. The third kappa shape index (κ3) is 4.52. The maximum atomic E-state index is 5.80. The molecule has 2 aromatic rings. The molecule has 0 atom stereocenters. The summed E-state index contributed by atoms with van der Waals surface area (Å²) in [5, 5.41) is 3.56. The van der Waals surface area contributed by atoms with E-state index in [0.717, 1.165) is 18.9 Å². The number of anilines is 1. The molecule has 0 aliphatic heterocycles. The Kier molecular flexibility index (Phi) is 5.48. The first kappa shape index (κ1) is 16.4. The van der Waals surface area contributed by atoms with Crippen molar-refractivity contribution >= 4 is 5.69 Å². The van der Waals surface area contributed by atoms with E-state index in [2.05, 4.69) is 70.3 Å². The number of ether oxygens (including phenoxy) is 1. The Morgan fingerprint density at radius 3 is 2.32 bits per heavy atom. The summed E-state index contributed by atoms with van der Waals surface area (Å²) in [5.74, 6) is 1.49. The van der Waals surface area contributed by atoms with Crippen molar-refractivity contribution in [2.45, 2.75) is 41.2 Å². The summed E-state index contributed by atoms with van der Waals surface area (Å²) in [4.78, 5) is 0. The summed E-state index contributed by atoms with van der Waals surface area (Å²) in [6, 6.07) is 12.8. The van der Waals surface area contributed by atoms with Gasteiger partial charge in [0.1, 0.15) is 5.75 Å². The average molecular weight is 297 g/mol. The van der Waals surface area contributed by atoms with E-state index in [1.54, 1.807) is 0 Å². The molecule has 0 heterocycles. The van der Waals surface area contributed by atoms with Gasteiger partial charge in [-0.2, -0.15) is 0 Å². The van der Waals surface area contributed by atoms with Crippen molar-refractivity contribution in [3.05, 3.63) is 58.7 Å². The van der Waals surface area contributed by atoms with Crippen LogP contribution in [0.2, 0.25) is 0 Å². The molecular weight excluding hydrogens is 270 g/mol. The molecule has 118 valence electrons. The molecule has 0 bridgehead atoms. The molecule has 2 nitrogen and oxygen atoms in total. The summed E-state index contributed by atoms with van der Waals surface area (Å²) in [5.41, 5.74) is 6.37. The molecule has 0 aliphatic carbocycles. The van der Waals surface area contributed by atoms with Gasteiger partial charge in [-0.15, -0.1) is 0 Å². The van der Waals surface area contributed by atoms with E-state index in [1.807, 2.05) is 6.07 Å². The molecule has 2 heteroatoms. The number of rotatable bonds is 6. The normalized spacial score (nSPS) is 10.8. The standard InChI is InChI=1S/C20H27NO/c1-14(2)13-22-19-8-6-7-18(11-19)12-21-20-16(4)9-15(3)10-17(20)5/h6-11,14,21H,12-13H2,1-5H3. The van der Waals surface area contributed by atoms with Crippen LogP contribution in [0.4, 0.5) is 5.69 Å². The van der Waals surface area contributed by atoms with Crippen LogP contribution in [0.3, 0.4) is 0 Å². The van der Waals surface area contributed by atoms with Gasteiger partial charge >= 0.3 is 0 Å². The highest BCUT2D eigenvalue weighted by molar-refractivity contribution is 5.58. The van der Waals surface area contributed by atoms with Crippen molar-refractivity contribution in [3.8, 4) is 5.75 Å².